The summed E-state index contributed by atoms with van der Waals surface area (Å²) in [5, 5.41) is 4.35. The van der Waals surface area contributed by atoms with E-state index in [1.54, 1.807) is 42.5 Å². The first-order valence-corrected chi connectivity index (χ1v) is 10.2. The highest BCUT2D eigenvalue weighted by molar-refractivity contribution is 6.31. The van der Waals surface area contributed by atoms with Gasteiger partial charge in [0.05, 0.1) is 23.3 Å². The second-order valence-corrected chi connectivity index (χ2v) is 7.55. The van der Waals surface area contributed by atoms with Crippen molar-refractivity contribution >= 4 is 40.8 Å². The summed E-state index contributed by atoms with van der Waals surface area (Å²) in [5.74, 6) is -0.760. The number of rotatable bonds is 6. The molecule has 2 N–H and O–H groups in total. The van der Waals surface area contributed by atoms with E-state index < -0.39 is 28.8 Å². The van der Waals surface area contributed by atoms with Gasteiger partial charge in [-0.25, -0.2) is 9.59 Å². The molecule has 0 radical (unpaired) electrons. The summed E-state index contributed by atoms with van der Waals surface area (Å²) in [5.41, 5.74) is 0.509. The van der Waals surface area contributed by atoms with Gasteiger partial charge in [0.1, 0.15) is 0 Å². The van der Waals surface area contributed by atoms with E-state index in [9.17, 15) is 27.6 Å². The Morgan fingerprint density at radius 1 is 0.882 bits per heavy atom. The number of hydrogen-bond donors (Lipinski definition) is 2. The number of methoxy groups -OCH3 is 1. The van der Waals surface area contributed by atoms with E-state index >= 15 is 0 Å². The Morgan fingerprint density at radius 3 is 2.15 bits per heavy atom. The summed E-state index contributed by atoms with van der Waals surface area (Å²) >= 11 is 5.57. The molecule has 0 aromatic heterocycles. The number of carbonyl (C=O) groups excluding carboxylic acids is 3. The van der Waals surface area contributed by atoms with Gasteiger partial charge in [0.2, 0.25) is 0 Å². The lowest BCUT2D eigenvalue weighted by Crippen LogP contribution is -2.20. The number of amides is 2. The van der Waals surface area contributed by atoms with Gasteiger partial charge in [-0.2, -0.15) is 13.2 Å². The van der Waals surface area contributed by atoms with E-state index in [0.717, 1.165) is 12.1 Å². The number of carbonyl (C=O) groups is 3. The molecule has 0 saturated carbocycles. The smallest absolute Gasteiger partial charge is 0.417 e. The molecule has 0 bridgehead atoms. The zero-order valence-electron chi connectivity index (χ0n) is 17.7. The van der Waals surface area contributed by atoms with E-state index in [0.29, 0.717) is 16.8 Å². The minimum Gasteiger partial charge on any atom is -0.465 e. The number of Topliss-reactive ketones (excluding diaryl/α,β-unsaturated/α-hetero) is 1. The van der Waals surface area contributed by atoms with Crippen LogP contribution in [0.1, 0.15) is 31.8 Å². The summed E-state index contributed by atoms with van der Waals surface area (Å²) in [4.78, 5) is 36.3. The Morgan fingerprint density at radius 2 is 1.50 bits per heavy atom. The predicted octanol–water partition coefficient (Wildman–Crippen LogP) is 6.21. The van der Waals surface area contributed by atoms with Crippen LogP contribution in [0.25, 0.3) is 0 Å². The third-order valence-corrected chi connectivity index (χ3v) is 5.04. The van der Waals surface area contributed by atoms with Crippen LogP contribution in [0.4, 0.5) is 29.3 Å². The summed E-state index contributed by atoms with van der Waals surface area (Å²) in [6.45, 7) is 0. The average molecular weight is 491 g/mol. The molecular weight excluding hydrogens is 473 g/mol. The second kappa shape index (κ2) is 10.4. The molecule has 3 rings (SSSR count). The summed E-state index contributed by atoms with van der Waals surface area (Å²) in [6.07, 6.45) is -4.60. The highest BCUT2D eigenvalue weighted by atomic mass is 35.5. The zero-order chi connectivity index (χ0) is 24.9. The van der Waals surface area contributed by atoms with Gasteiger partial charge >= 0.3 is 18.2 Å². The van der Waals surface area contributed by atoms with Crippen LogP contribution in [-0.2, 0) is 17.3 Å². The number of benzene rings is 3. The maximum Gasteiger partial charge on any atom is 0.417 e. The number of urea groups is 1. The molecule has 0 saturated heterocycles. The fraction of sp³-hybridized carbons (Fsp3) is 0.125. The number of ketones is 1. The Bertz CT molecular complexity index is 1230. The summed E-state index contributed by atoms with van der Waals surface area (Å²) in [7, 11) is 1.25. The molecule has 0 spiro atoms. The van der Waals surface area contributed by atoms with Gasteiger partial charge in [-0.1, -0.05) is 35.9 Å². The normalized spacial score (nSPS) is 11.0. The van der Waals surface area contributed by atoms with Crippen LogP contribution in [0.2, 0.25) is 5.02 Å². The lowest BCUT2D eigenvalue weighted by molar-refractivity contribution is -0.137. The van der Waals surface area contributed by atoms with Crippen molar-refractivity contribution in [3.05, 3.63) is 94.0 Å². The van der Waals surface area contributed by atoms with Crippen molar-refractivity contribution in [2.45, 2.75) is 12.6 Å². The van der Waals surface area contributed by atoms with Crippen molar-refractivity contribution in [2.75, 3.05) is 17.7 Å². The van der Waals surface area contributed by atoms with Crippen LogP contribution in [0, 0.1) is 0 Å². The molecule has 10 heteroatoms. The summed E-state index contributed by atoms with van der Waals surface area (Å²) in [6, 6.07) is 14.8. The predicted molar refractivity (Wildman–Crippen MR) is 121 cm³/mol. The molecule has 0 aliphatic heterocycles. The van der Waals surface area contributed by atoms with Gasteiger partial charge in [-0.05, 0) is 48.0 Å². The third kappa shape index (κ3) is 6.35. The number of esters is 1. The molecule has 176 valence electrons. The number of anilines is 2. The van der Waals surface area contributed by atoms with Gasteiger partial charge in [0.15, 0.2) is 5.78 Å². The van der Waals surface area contributed by atoms with E-state index in [1.807, 2.05) is 0 Å². The molecule has 0 unspecified atom stereocenters. The molecule has 0 aliphatic carbocycles. The van der Waals surface area contributed by atoms with Gasteiger partial charge in [-0.15, -0.1) is 0 Å². The molecule has 3 aromatic carbocycles. The maximum atomic E-state index is 13.0. The van der Waals surface area contributed by atoms with Gasteiger partial charge in [0.25, 0.3) is 0 Å². The topological polar surface area (TPSA) is 84.5 Å². The number of alkyl halides is 3. The van der Waals surface area contributed by atoms with Crippen LogP contribution in [0.3, 0.4) is 0 Å². The van der Waals surface area contributed by atoms with Crippen LogP contribution in [0.5, 0.6) is 0 Å². The molecule has 0 heterocycles. The minimum atomic E-state index is -4.65. The molecule has 6 nitrogen and oxygen atoms in total. The molecular formula is C24H18ClF3N2O4. The van der Waals surface area contributed by atoms with E-state index in [-0.39, 0.29) is 23.5 Å². The quantitative estimate of drug-likeness (QED) is 0.317. The van der Waals surface area contributed by atoms with Gasteiger partial charge < -0.3 is 15.4 Å². The first-order chi connectivity index (χ1) is 16.1. The maximum absolute atomic E-state index is 13.0. The Kier molecular flexibility index (Phi) is 7.57. The second-order valence-electron chi connectivity index (χ2n) is 7.14. The van der Waals surface area contributed by atoms with Crippen molar-refractivity contribution in [1.82, 2.24) is 0 Å². The molecule has 34 heavy (non-hydrogen) atoms. The van der Waals surface area contributed by atoms with E-state index in [1.165, 1.54) is 19.2 Å². The van der Waals surface area contributed by atoms with Crippen molar-refractivity contribution in [3.8, 4) is 0 Å². The molecule has 2 amide bonds. The fourth-order valence-corrected chi connectivity index (χ4v) is 3.27. The van der Waals surface area contributed by atoms with Crippen LogP contribution < -0.4 is 10.6 Å². The Hall–Kier alpha value is -3.85. The number of ether oxygens (including phenoxy) is 1. The zero-order valence-corrected chi connectivity index (χ0v) is 18.5. The van der Waals surface area contributed by atoms with Crippen molar-refractivity contribution in [3.63, 3.8) is 0 Å². The number of hydrogen-bond acceptors (Lipinski definition) is 4. The minimum absolute atomic E-state index is 0.0576. The SMILES string of the molecule is COC(=O)c1cccc(C(=O)Cc2ccc(NC(=O)Nc3ccc(Cl)c(C(F)(F)F)c3)cc2)c1. The molecule has 3 aromatic rings. The van der Waals surface area contributed by atoms with Gasteiger partial charge in [0, 0.05) is 23.4 Å². The summed E-state index contributed by atoms with van der Waals surface area (Å²) < 4.78 is 43.5. The lowest BCUT2D eigenvalue weighted by atomic mass is 10.0. The lowest BCUT2D eigenvalue weighted by Gasteiger charge is -2.12. The van der Waals surface area contributed by atoms with E-state index in [4.69, 9.17) is 11.6 Å². The van der Waals surface area contributed by atoms with Crippen LogP contribution >= 0.6 is 11.6 Å². The highest BCUT2D eigenvalue weighted by Crippen LogP contribution is 2.36. The largest absolute Gasteiger partial charge is 0.465 e. The standard InChI is InChI=1S/C24H18ClF3N2O4/c1-34-22(32)16-4-2-3-15(12-16)21(31)11-14-5-7-17(8-6-14)29-23(33)30-18-9-10-20(25)19(13-18)24(26,27)28/h2-10,12-13H,11H2,1H3,(H2,29,30,33). The number of halogens is 4. The van der Waals surface area contributed by atoms with Crippen molar-refractivity contribution in [2.24, 2.45) is 0 Å². The van der Waals surface area contributed by atoms with Crippen LogP contribution in [0.15, 0.2) is 66.7 Å². The fourth-order valence-electron chi connectivity index (χ4n) is 3.04. The van der Waals surface area contributed by atoms with E-state index in [2.05, 4.69) is 15.4 Å². The molecule has 0 aliphatic rings. The Labute approximate surface area is 197 Å². The highest BCUT2D eigenvalue weighted by Gasteiger charge is 2.33. The van der Waals surface area contributed by atoms with Crippen LogP contribution in [-0.4, -0.2) is 24.9 Å². The molecule has 0 atom stereocenters. The van der Waals surface area contributed by atoms with Gasteiger partial charge in [-0.3, -0.25) is 4.79 Å². The molecule has 0 fully saturated rings. The monoisotopic (exact) mass is 490 g/mol. The first-order valence-electron chi connectivity index (χ1n) is 9.82. The average Bonchev–Trinajstić information content (AvgIpc) is 2.80. The van der Waals surface area contributed by atoms with Crippen molar-refractivity contribution in [1.29, 1.82) is 0 Å². The first kappa shape index (κ1) is 24.8. The number of nitrogens with one attached hydrogen (secondary N) is 2. The van der Waals surface area contributed by atoms with Crippen molar-refractivity contribution < 1.29 is 32.3 Å². The third-order valence-electron chi connectivity index (χ3n) is 4.71. The Balaban J connectivity index is 1.61.